The molecule has 24 heteroatoms. The highest BCUT2D eigenvalue weighted by Gasteiger charge is 2.39. The summed E-state index contributed by atoms with van der Waals surface area (Å²) in [6, 6.07) is 19.4. The minimum atomic E-state index is -1.04. The van der Waals surface area contributed by atoms with Gasteiger partial charge in [0.2, 0.25) is 0 Å². The molecule has 4 amide bonds. The molecule has 6 aromatic rings. The number of hydrogen-bond acceptors (Lipinski definition) is 18. The highest BCUT2D eigenvalue weighted by atomic mass is 16.6. The molecule has 0 radical (unpaired) electrons. The first-order valence-electron chi connectivity index (χ1n) is 34.5. The SMILES string of the molecule is CN1CC=C(c2nn3c4cc(ccc24)-c2cc(O)cc(c2)C[C@H](NC(=O)OC(C)(C)C)C(=O)N2CCC[C@H](N2)C(=O)OCC(C)(C)C3)CC1.CN1CCC(c2nn3c4cc(ccc24)-c2cc(O)cc(c2)C[C@H](NC(=O)OC(C)(C)C)C(=O)N2CCC[C@H](N2)C(=O)OCC(C)(C)C3)CC1. The molecular weight excluding hydrogens is 1250 g/mol. The first-order valence-corrected chi connectivity index (χ1v) is 34.5. The highest BCUT2D eigenvalue weighted by Crippen LogP contribution is 2.39. The van der Waals surface area contributed by atoms with Gasteiger partial charge in [0.05, 0.1) is 35.6 Å². The third-order valence-corrected chi connectivity index (χ3v) is 18.7. The fourth-order valence-electron chi connectivity index (χ4n) is 13.7. The second kappa shape index (κ2) is 28.7. The minimum Gasteiger partial charge on any atom is -0.508 e. The van der Waals surface area contributed by atoms with E-state index in [2.05, 4.69) is 95.6 Å². The Morgan fingerprint density at radius 1 is 0.582 bits per heavy atom. The topological polar surface area (TPSA) is 277 Å². The number of hydrazine groups is 2. The lowest BCUT2D eigenvalue weighted by atomic mass is 9.91. The Hall–Kier alpha value is -8.58. The van der Waals surface area contributed by atoms with Gasteiger partial charge in [-0.25, -0.2) is 20.4 Å². The van der Waals surface area contributed by atoms with E-state index in [0.717, 1.165) is 101 Å². The van der Waals surface area contributed by atoms with Crippen LogP contribution in [0.3, 0.4) is 0 Å². The predicted octanol–water partition coefficient (Wildman–Crippen LogP) is 9.37. The Labute approximate surface area is 573 Å². The molecule has 0 saturated carbocycles. The second-order valence-electron chi connectivity index (χ2n) is 31.1. The Morgan fingerprint density at radius 2 is 1.05 bits per heavy atom. The number of amides is 4. The van der Waals surface area contributed by atoms with Crippen LogP contribution in [0.25, 0.3) is 49.6 Å². The largest absolute Gasteiger partial charge is 0.508 e. The number of aromatic nitrogens is 4. The number of phenols is 2. The van der Waals surface area contributed by atoms with Gasteiger partial charge in [-0.05, 0) is 195 Å². The van der Waals surface area contributed by atoms with Gasteiger partial charge in [-0.2, -0.15) is 10.2 Å². The smallest absolute Gasteiger partial charge is 0.408 e. The molecule has 4 atom stereocenters. The number of likely N-dealkylation sites (tertiary alicyclic amines) is 1. The zero-order valence-electron chi connectivity index (χ0n) is 58.9. The molecule has 24 nitrogen and oxygen atoms in total. The fourth-order valence-corrected chi connectivity index (χ4v) is 13.7. The summed E-state index contributed by atoms with van der Waals surface area (Å²) in [5.74, 6) is -1.28. The molecular formula is C74H98N12O12. The number of ether oxygens (including phenoxy) is 4. The summed E-state index contributed by atoms with van der Waals surface area (Å²) in [5.41, 5.74) is 13.4. The van der Waals surface area contributed by atoms with E-state index in [-0.39, 0.29) is 37.6 Å². The number of esters is 2. The summed E-state index contributed by atoms with van der Waals surface area (Å²) in [5, 5.41) is 42.6. The number of carbonyl (C=O) groups excluding carboxylic acids is 6. The average molecular weight is 1350 g/mol. The van der Waals surface area contributed by atoms with Gasteiger partial charge in [0.25, 0.3) is 11.8 Å². The van der Waals surface area contributed by atoms with Gasteiger partial charge in [-0.15, -0.1) is 0 Å². The van der Waals surface area contributed by atoms with Gasteiger partial charge in [0, 0.05) is 79.6 Å². The predicted molar refractivity (Wildman–Crippen MR) is 372 cm³/mol. The molecule has 8 heterocycles. The van der Waals surface area contributed by atoms with Crippen molar-refractivity contribution in [1.82, 2.24) is 60.9 Å². The summed E-state index contributed by atoms with van der Waals surface area (Å²) in [7, 11) is 4.26. The maximum Gasteiger partial charge on any atom is 0.408 e. The molecule has 6 aliphatic heterocycles. The highest BCUT2D eigenvalue weighted by molar-refractivity contribution is 5.94. The molecule has 0 aliphatic carbocycles. The zero-order valence-corrected chi connectivity index (χ0v) is 58.9. The lowest BCUT2D eigenvalue weighted by Gasteiger charge is -2.35. The van der Waals surface area contributed by atoms with Crippen LogP contribution in [-0.4, -0.2) is 187 Å². The van der Waals surface area contributed by atoms with Crippen molar-refractivity contribution in [3.05, 3.63) is 101 Å². The normalized spacial score (nSPS) is 22.5. The molecule has 6 N–H and O–H groups in total. The molecule has 6 aliphatic rings. The number of nitrogens with zero attached hydrogens (tertiary/aromatic N) is 8. The van der Waals surface area contributed by atoms with Gasteiger partial charge in [0.1, 0.15) is 46.9 Å². The van der Waals surface area contributed by atoms with Crippen LogP contribution in [0.1, 0.15) is 143 Å². The maximum atomic E-state index is 14.0. The number of rotatable bonds is 4. The molecule has 12 bridgehead atoms. The monoisotopic (exact) mass is 1350 g/mol. The maximum absolute atomic E-state index is 14.0. The van der Waals surface area contributed by atoms with Crippen molar-refractivity contribution in [2.45, 2.75) is 181 Å². The van der Waals surface area contributed by atoms with E-state index in [1.165, 1.54) is 15.6 Å². The first kappa shape index (κ1) is 70.7. The standard InChI is InChI=1S/C37H50N6O6.C37H48N6O6/c2*1-36(2,3)49-35(47)38-30-18-23-16-26(19-27(44)17-23)25-9-10-28-31(20-25)43(40-32(28)24-11-14-41(6)15-12-24)21-37(4,5)22-48-34(46)29-8-7-13-42(39-29)33(30)45/h9-10,16-17,19-20,24,29-30,39,44H,7-8,11-15,18,21-22H2,1-6H3,(H,38,47);9-11,16-17,19-20,29-30,39,44H,7-8,12-15,18,21-22H2,1-6H3,(H,38,47)/t2*29-,30-/m00/s1. The van der Waals surface area contributed by atoms with Gasteiger partial charge in [-0.1, -0.05) is 64.1 Å². The van der Waals surface area contributed by atoms with E-state index in [4.69, 9.17) is 29.1 Å². The lowest BCUT2D eigenvalue weighted by molar-refractivity contribution is -0.156. The van der Waals surface area contributed by atoms with Crippen LogP contribution in [0.4, 0.5) is 9.59 Å². The van der Waals surface area contributed by atoms with Crippen molar-refractivity contribution >= 4 is 63.3 Å². The fraction of sp³-hybridized carbons (Fsp3) is 0.541. The molecule has 3 saturated heterocycles. The average Bonchev–Trinajstić information content (AvgIpc) is 1.59. The lowest BCUT2D eigenvalue weighted by Crippen LogP contribution is -2.60. The number of hydrogen-bond donors (Lipinski definition) is 6. The number of piperidine rings is 1. The molecule has 0 unspecified atom stereocenters. The number of likely N-dealkylation sites (N-methyl/N-ethyl adjacent to an activating group) is 1. The van der Waals surface area contributed by atoms with Crippen LogP contribution in [-0.2, 0) is 64.1 Å². The van der Waals surface area contributed by atoms with Crippen molar-refractivity contribution < 1.29 is 57.9 Å². The van der Waals surface area contributed by atoms with Crippen molar-refractivity contribution in [1.29, 1.82) is 0 Å². The number of benzene rings is 4. The van der Waals surface area contributed by atoms with Gasteiger partial charge < -0.3 is 49.6 Å². The van der Waals surface area contributed by atoms with E-state index in [9.17, 15) is 39.0 Å². The molecule has 12 rings (SSSR count). The number of cyclic esters (lactones) is 2. The summed E-state index contributed by atoms with van der Waals surface area (Å²) < 4.78 is 26.8. The van der Waals surface area contributed by atoms with Crippen LogP contribution in [0.2, 0.25) is 0 Å². The van der Waals surface area contributed by atoms with Crippen LogP contribution < -0.4 is 21.5 Å². The minimum absolute atomic E-state index is 0.0381. The Morgan fingerprint density at radius 3 is 1.52 bits per heavy atom. The number of alkyl carbamates (subject to hydrolysis) is 2. The Balaban J connectivity index is 0.000000198. The van der Waals surface area contributed by atoms with Crippen LogP contribution in [0.5, 0.6) is 11.5 Å². The van der Waals surface area contributed by atoms with E-state index < -0.39 is 82.1 Å². The van der Waals surface area contributed by atoms with Gasteiger partial charge >= 0.3 is 24.1 Å². The van der Waals surface area contributed by atoms with Crippen molar-refractivity contribution in [2.24, 2.45) is 10.8 Å². The zero-order chi connectivity index (χ0) is 70.2. The number of phenolic OH excluding ortho intramolecular Hbond substituents is 2. The molecule has 526 valence electrons. The third kappa shape index (κ3) is 17.5. The van der Waals surface area contributed by atoms with Crippen molar-refractivity contribution in [2.75, 3.05) is 66.6 Å². The van der Waals surface area contributed by atoms with Crippen molar-refractivity contribution in [3.63, 3.8) is 0 Å². The van der Waals surface area contributed by atoms with Crippen LogP contribution in [0, 0.1) is 10.8 Å². The molecule has 98 heavy (non-hydrogen) atoms. The summed E-state index contributed by atoms with van der Waals surface area (Å²) in [6.07, 6.45) is 6.05. The third-order valence-electron chi connectivity index (χ3n) is 18.7. The summed E-state index contributed by atoms with van der Waals surface area (Å²) in [4.78, 5) is 85.3. The van der Waals surface area contributed by atoms with E-state index >= 15 is 0 Å². The molecule has 3 fully saturated rings. The second-order valence-corrected chi connectivity index (χ2v) is 31.1. The van der Waals surface area contributed by atoms with Crippen LogP contribution in [0.15, 0.2) is 78.9 Å². The Bertz CT molecular complexity index is 4020. The quantitative estimate of drug-likeness (QED) is 0.0708. The van der Waals surface area contributed by atoms with Gasteiger partial charge in [-0.3, -0.25) is 38.6 Å². The van der Waals surface area contributed by atoms with Crippen molar-refractivity contribution in [3.8, 4) is 33.8 Å². The number of fused-ring (bicyclic) bond motifs is 12. The molecule has 4 aromatic carbocycles. The van der Waals surface area contributed by atoms with E-state index in [1.807, 2.05) is 41.4 Å². The number of aromatic hydroxyl groups is 2. The van der Waals surface area contributed by atoms with Gasteiger partial charge in [0.15, 0.2) is 0 Å². The van der Waals surface area contributed by atoms with E-state index in [1.54, 1.807) is 65.8 Å². The first-order chi connectivity index (χ1) is 46.3. The van der Waals surface area contributed by atoms with E-state index in [0.29, 0.717) is 68.9 Å². The molecule has 2 aromatic heterocycles. The summed E-state index contributed by atoms with van der Waals surface area (Å²) in [6.45, 7) is 24.6. The summed E-state index contributed by atoms with van der Waals surface area (Å²) >= 11 is 0. The number of nitrogens with one attached hydrogen (secondary N) is 4. The van der Waals surface area contributed by atoms with Crippen LogP contribution >= 0.6 is 0 Å². The number of carbonyl (C=O) groups is 6. The Kier molecular flexibility index (Phi) is 20.7. The molecule has 0 spiro atoms.